The fraction of sp³-hybridized carbons (Fsp3) is 0.316. The summed E-state index contributed by atoms with van der Waals surface area (Å²) in [5, 5.41) is 0.777. The highest BCUT2D eigenvalue weighted by Crippen LogP contribution is 2.26. The van der Waals surface area contributed by atoms with E-state index in [0.29, 0.717) is 4.90 Å². The zero-order valence-electron chi connectivity index (χ0n) is 14.8. The van der Waals surface area contributed by atoms with Gasteiger partial charge in [0.2, 0.25) is 10.0 Å². The molecule has 0 aliphatic carbocycles. The maximum atomic E-state index is 12.9. The van der Waals surface area contributed by atoms with Crippen LogP contribution in [0.25, 0.3) is 10.2 Å². The Hall–Kier alpha value is -1.80. The highest BCUT2D eigenvalue weighted by Gasteiger charge is 2.24. The molecule has 0 saturated heterocycles. The SMILES string of the molecule is Cc1ccc2sc(CNS(=O)(=O)c3cccc4c3CCN(C)C4)nc2c1. The van der Waals surface area contributed by atoms with E-state index in [1.54, 1.807) is 6.07 Å². The van der Waals surface area contributed by atoms with Crippen LogP contribution in [0.15, 0.2) is 41.3 Å². The molecular formula is C19H21N3O2S2. The Balaban J connectivity index is 1.58. The first-order valence-corrected chi connectivity index (χ1v) is 10.9. The number of thiazole rings is 1. The Kier molecular flexibility index (Phi) is 4.56. The maximum absolute atomic E-state index is 12.9. The van der Waals surface area contributed by atoms with Gasteiger partial charge in [0.1, 0.15) is 5.01 Å². The van der Waals surface area contributed by atoms with Crippen LogP contribution in [-0.2, 0) is 29.5 Å². The molecule has 2 heterocycles. The summed E-state index contributed by atoms with van der Waals surface area (Å²) >= 11 is 1.53. The van der Waals surface area contributed by atoms with Crippen LogP contribution in [0.2, 0.25) is 0 Å². The Bertz CT molecular complexity index is 1070. The van der Waals surface area contributed by atoms with E-state index in [-0.39, 0.29) is 6.54 Å². The van der Waals surface area contributed by atoms with Gasteiger partial charge in [-0.2, -0.15) is 0 Å². The van der Waals surface area contributed by atoms with E-state index in [9.17, 15) is 8.42 Å². The van der Waals surface area contributed by atoms with Crippen molar-refractivity contribution in [2.24, 2.45) is 0 Å². The number of likely N-dealkylation sites (N-methyl/N-ethyl adjacent to an activating group) is 1. The monoisotopic (exact) mass is 387 g/mol. The van der Waals surface area contributed by atoms with Gasteiger partial charge >= 0.3 is 0 Å². The van der Waals surface area contributed by atoms with E-state index in [4.69, 9.17) is 0 Å². The van der Waals surface area contributed by atoms with Gasteiger partial charge in [-0.05, 0) is 55.3 Å². The maximum Gasteiger partial charge on any atom is 0.241 e. The molecule has 7 heteroatoms. The van der Waals surface area contributed by atoms with E-state index < -0.39 is 10.0 Å². The molecule has 0 fully saturated rings. The highest BCUT2D eigenvalue weighted by atomic mass is 32.2. The molecular weight excluding hydrogens is 366 g/mol. The third kappa shape index (κ3) is 3.40. The molecule has 5 nitrogen and oxygen atoms in total. The van der Waals surface area contributed by atoms with Crippen molar-refractivity contribution < 1.29 is 8.42 Å². The largest absolute Gasteiger partial charge is 0.302 e. The van der Waals surface area contributed by atoms with Gasteiger partial charge in [-0.15, -0.1) is 11.3 Å². The molecule has 0 radical (unpaired) electrons. The zero-order chi connectivity index (χ0) is 18.3. The molecule has 1 aliphatic rings. The topological polar surface area (TPSA) is 62.3 Å². The van der Waals surface area contributed by atoms with Crippen molar-refractivity contribution in [2.45, 2.75) is 31.3 Å². The second-order valence-corrected chi connectivity index (χ2v) is 9.64. The summed E-state index contributed by atoms with van der Waals surface area (Å²) in [6.07, 6.45) is 0.753. The van der Waals surface area contributed by atoms with Crippen LogP contribution in [0.3, 0.4) is 0 Å². The first kappa shape index (κ1) is 17.6. The van der Waals surface area contributed by atoms with Crippen LogP contribution in [0.5, 0.6) is 0 Å². The van der Waals surface area contributed by atoms with Gasteiger partial charge in [-0.1, -0.05) is 18.2 Å². The lowest BCUT2D eigenvalue weighted by Gasteiger charge is -2.26. The molecule has 0 spiro atoms. The molecule has 0 bridgehead atoms. The summed E-state index contributed by atoms with van der Waals surface area (Å²) in [4.78, 5) is 7.16. The molecule has 26 heavy (non-hydrogen) atoms. The summed E-state index contributed by atoms with van der Waals surface area (Å²) in [7, 11) is -1.51. The predicted octanol–water partition coefficient (Wildman–Crippen LogP) is 3.07. The first-order valence-electron chi connectivity index (χ1n) is 8.57. The van der Waals surface area contributed by atoms with Crippen LogP contribution in [0.1, 0.15) is 21.7 Å². The molecule has 3 aromatic rings. The minimum Gasteiger partial charge on any atom is -0.302 e. The van der Waals surface area contributed by atoms with E-state index in [1.807, 2.05) is 37.3 Å². The Morgan fingerprint density at radius 2 is 2.12 bits per heavy atom. The van der Waals surface area contributed by atoms with Crippen molar-refractivity contribution in [3.8, 4) is 0 Å². The van der Waals surface area contributed by atoms with Gasteiger partial charge in [0.25, 0.3) is 0 Å². The van der Waals surface area contributed by atoms with Gasteiger partial charge in [0.15, 0.2) is 0 Å². The lowest BCUT2D eigenvalue weighted by atomic mass is 10.0. The van der Waals surface area contributed by atoms with Gasteiger partial charge in [-0.3, -0.25) is 0 Å². The number of aryl methyl sites for hydroxylation is 1. The van der Waals surface area contributed by atoms with Crippen LogP contribution in [0, 0.1) is 6.92 Å². The predicted molar refractivity (Wildman–Crippen MR) is 105 cm³/mol. The zero-order valence-corrected chi connectivity index (χ0v) is 16.5. The summed E-state index contributed by atoms with van der Waals surface area (Å²) < 4.78 is 29.6. The number of benzene rings is 2. The van der Waals surface area contributed by atoms with E-state index in [2.05, 4.69) is 21.7 Å². The first-order chi connectivity index (χ1) is 12.4. The van der Waals surface area contributed by atoms with Gasteiger partial charge in [0.05, 0.1) is 21.7 Å². The van der Waals surface area contributed by atoms with Crippen molar-refractivity contribution >= 4 is 31.6 Å². The Labute approximate surface area is 157 Å². The number of aromatic nitrogens is 1. The van der Waals surface area contributed by atoms with Crippen LogP contribution < -0.4 is 4.72 Å². The highest BCUT2D eigenvalue weighted by molar-refractivity contribution is 7.89. The second kappa shape index (κ2) is 6.74. The molecule has 1 aliphatic heterocycles. The van der Waals surface area contributed by atoms with Crippen molar-refractivity contribution in [3.05, 3.63) is 58.1 Å². The van der Waals surface area contributed by atoms with Gasteiger partial charge < -0.3 is 4.90 Å². The lowest BCUT2D eigenvalue weighted by Crippen LogP contribution is -2.30. The van der Waals surface area contributed by atoms with Crippen LogP contribution >= 0.6 is 11.3 Å². The summed E-state index contributed by atoms with van der Waals surface area (Å²) in [5.41, 5.74) is 4.11. The molecule has 2 aromatic carbocycles. The molecule has 0 saturated carbocycles. The number of nitrogens with one attached hydrogen (secondary N) is 1. The Morgan fingerprint density at radius 1 is 1.27 bits per heavy atom. The number of fused-ring (bicyclic) bond motifs is 2. The minimum atomic E-state index is -3.56. The van der Waals surface area contributed by atoms with Crippen LogP contribution in [-0.4, -0.2) is 31.9 Å². The molecule has 4 rings (SSSR count). The van der Waals surface area contributed by atoms with Gasteiger partial charge in [-0.25, -0.2) is 18.1 Å². The summed E-state index contributed by atoms with van der Waals surface area (Å²) in [6.45, 7) is 3.90. The smallest absolute Gasteiger partial charge is 0.241 e. The van der Waals surface area contributed by atoms with E-state index in [1.165, 1.54) is 11.3 Å². The molecule has 136 valence electrons. The summed E-state index contributed by atoms with van der Waals surface area (Å²) in [5.74, 6) is 0. The van der Waals surface area contributed by atoms with Crippen molar-refractivity contribution in [2.75, 3.05) is 13.6 Å². The fourth-order valence-electron chi connectivity index (χ4n) is 3.36. The lowest BCUT2D eigenvalue weighted by molar-refractivity contribution is 0.311. The number of rotatable bonds is 4. The average molecular weight is 388 g/mol. The molecule has 0 amide bonds. The third-order valence-electron chi connectivity index (χ3n) is 4.70. The Morgan fingerprint density at radius 3 is 2.96 bits per heavy atom. The van der Waals surface area contributed by atoms with Crippen molar-refractivity contribution in [1.82, 2.24) is 14.6 Å². The third-order valence-corrected chi connectivity index (χ3v) is 7.23. The normalized spacial score (nSPS) is 15.3. The number of nitrogens with zero attached hydrogens (tertiary/aromatic N) is 2. The molecule has 0 atom stereocenters. The summed E-state index contributed by atoms with van der Waals surface area (Å²) in [6, 6.07) is 11.6. The fourth-order valence-corrected chi connectivity index (χ4v) is 5.64. The average Bonchev–Trinajstić information content (AvgIpc) is 3.01. The quantitative estimate of drug-likeness (QED) is 0.747. The number of sulfonamides is 1. The molecule has 0 unspecified atom stereocenters. The molecule has 1 aromatic heterocycles. The van der Waals surface area contributed by atoms with Gasteiger partial charge in [0, 0.05) is 13.1 Å². The number of hydrogen-bond donors (Lipinski definition) is 1. The number of hydrogen-bond acceptors (Lipinski definition) is 5. The van der Waals surface area contributed by atoms with E-state index in [0.717, 1.165) is 51.4 Å². The second-order valence-electron chi connectivity index (χ2n) is 6.78. The van der Waals surface area contributed by atoms with Crippen LogP contribution in [0.4, 0.5) is 0 Å². The minimum absolute atomic E-state index is 0.213. The van der Waals surface area contributed by atoms with Crippen molar-refractivity contribution in [3.63, 3.8) is 0 Å². The van der Waals surface area contributed by atoms with Crippen molar-refractivity contribution in [1.29, 1.82) is 0 Å². The standard InChI is InChI=1S/C19H21N3O2S2/c1-13-6-7-17-16(10-13)21-19(25-17)11-20-26(23,24)18-5-3-4-14-12-22(2)9-8-15(14)18/h3-7,10,20H,8-9,11-12H2,1-2H3. The molecule has 1 N–H and O–H groups in total. The van der Waals surface area contributed by atoms with E-state index >= 15 is 0 Å².